The van der Waals surface area contributed by atoms with Crippen molar-refractivity contribution >= 4 is 48.0 Å². The minimum atomic E-state index is -0.520. The summed E-state index contributed by atoms with van der Waals surface area (Å²) in [6, 6.07) is 4.56. The number of halogens is 3. The van der Waals surface area contributed by atoms with Crippen LogP contribution in [0.4, 0.5) is 15.8 Å². The highest BCUT2D eigenvalue weighted by Crippen LogP contribution is 2.23. The summed E-state index contributed by atoms with van der Waals surface area (Å²) in [6.45, 7) is 6.44. The van der Waals surface area contributed by atoms with E-state index in [1.807, 2.05) is 0 Å². The number of carbonyl (C=O) groups is 2. The molecule has 1 aromatic carbocycles. The predicted molar refractivity (Wildman–Crippen MR) is 120 cm³/mol. The molecule has 0 aromatic heterocycles. The average molecular weight is 465 g/mol. The van der Waals surface area contributed by atoms with Gasteiger partial charge in [-0.25, -0.2) is 4.39 Å². The molecule has 3 N–H and O–H groups in total. The smallest absolute Gasteiger partial charge is 0.227 e. The predicted octanol–water partition coefficient (Wildman–Crippen LogP) is 2.66. The number of rotatable bonds is 6. The zero-order valence-electron chi connectivity index (χ0n) is 17.1. The Balaban J connectivity index is 0.00000225. The number of anilines is 2. The minimum absolute atomic E-state index is 0. The van der Waals surface area contributed by atoms with Crippen molar-refractivity contribution < 1.29 is 18.7 Å². The number of morpholine rings is 1. The van der Waals surface area contributed by atoms with Crippen molar-refractivity contribution in [3.8, 4) is 0 Å². The quantitative estimate of drug-likeness (QED) is 0.602. The molecule has 2 heterocycles. The Morgan fingerprint density at radius 1 is 1.23 bits per heavy atom. The highest BCUT2D eigenvalue weighted by Gasteiger charge is 2.25. The fraction of sp³-hybridized carbons (Fsp3) is 0.600. The van der Waals surface area contributed by atoms with Crippen LogP contribution >= 0.6 is 24.8 Å². The Kier molecular flexibility index (Phi) is 11.6. The summed E-state index contributed by atoms with van der Waals surface area (Å²) in [7, 11) is 0. The first kappa shape index (κ1) is 26.6. The van der Waals surface area contributed by atoms with Gasteiger partial charge in [-0.3, -0.25) is 14.5 Å². The summed E-state index contributed by atoms with van der Waals surface area (Å²) in [6.07, 6.45) is 1.84. The molecule has 10 heteroatoms. The largest absolute Gasteiger partial charge is 0.379 e. The summed E-state index contributed by atoms with van der Waals surface area (Å²) < 4.78 is 19.4. The lowest BCUT2D eigenvalue weighted by molar-refractivity contribution is -0.121. The highest BCUT2D eigenvalue weighted by molar-refractivity contribution is 5.95. The topological polar surface area (TPSA) is 82.7 Å². The van der Waals surface area contributed by atoms with Crippen molar-refractivity contribution in [2.75, 3.05) is 50.0 Å². The Morgan fingerprint density at radius 2 is 1.97 bits per heavy atom. The van der Waals surface area contributed by atoms with E-state index in [9.17, 15) is 14.0 Å². The van der Waals surface area contributed by atoms with E-state index >= 15 is 0 Å². The van der Waals surface area contributed by atoms with Gasteiger partial charge in [0.15, 0.2) is 0 Å². The number of carbonyl (C=O) groups excluding carboxylic acids is 2. The van der Waals surface area contributed by atoms with Crippen LogP contribution in [0.2, 0.25) is 0 Å². The molecule has 0 aliphatic carbocycles. The van der Waals surface area contributed by atoms with E-state index < -0.39 is 5.82 Å². The maximum absolute atomic E-state index is 14.1. The Bertz CT molecular complexity index is 705. The summed E-state index contributed by atoms with van der Waals surface area (Å²) in [5, 5.41) is 8.78. The number of nitrogens with one attached hydrogen (secondary N) is 3. The molecule has 2 aliphatic heterocycles. The normalized spacial score (nSPS) is 21.7. The van der Waals surface area contributed by atoms with Crippen LogP contribution < -0.4 is 16.0 Å². The summed E-state index contributed by atoms with van der Waals surface area (Å²) in [5.41, 5.74) is 0.574. The van der Waals surface area contributed by atoms with Crippen LogP contribution in [0.5, 0.6) is 0 Å². The zero-order chi connectivity index (χ0) is 19.9. The number of hydrogen-bond acceptors (Lipinski definition) is 5. The monoisotopic (exact) mass is 464 g/mol. The molecular formula is C20H31Cl2FN4O3. The standard InChI is InChI=1S/C20H29FN4O3.2ClH/c1-14-12-15(4-6-22-14)20(27)23-16-2-3-17(21)18(13-16)24-19(26)5-7-25-8-10-28-11-9-25;;/h2-3,13-15,22H,4-12H2,1H3,(H,23,27)(H,24,26);2*1H/t14-,15-;;/m0../s1. The lowest BCUT2D eigenvalue weighted by Crippen LogP contribution is -2.40. The van der Waals surface area contributed by atoms with E-state index in [0.717, 1.165) is 32.5 Å². The number of amides is 2. The van der Waals surface area contributed by atoms with Gasteiger partial charge in [0.05, 0.1) is 18.9 Å². The van der Waals surface area contributed by atoms with Gasteiger partial charge in [-0.05, 0) is 44.5 Å². The maximum atomic E-state index is 14.1. The van der Waals surface area contributed by atoms with Gasteiger partial charge >= 0.3 is 0 Å². The molecule has 0 spiro atoms. The molecule has 1 aromatic rings. The van der Waals surface area contributed by atoms with Crippen molar-refractivity contribution in [1.29, 1.82) is 0 Å². The third-order valence-corrected chi connectivity index (χ3v) is 5.26. The van der Waals surface area contributed by atoms with Gasteiger partial charge in [0.2, 0.25) is 11.8 Å². The molecule has 7 nitrogen and oxygen atoms in total. The maximum Gasteiger partial charge on any atom is 0.227 e. The molecule has 0 bridgehead atoms. The van der Waals surface area contributed by atoms with Crippen LogP contribution in [0.25, 0.3) is 0 Å². The highest BCUT2D eigenvalue weighted by atomic mass is 35.5. The molecule has 2 aliphatic rings. The SMILES string of the molecule is C[C@H]1C[C@@H](C(=O)Nc2ccc(F)c(NC(=O)CCN3CCOCC3)c2)CCN1.Cl.Cl. The van der Waals surface area contributed by atoms with Crippen molar-refractivity contribution in [2.24, 2.45) is 5.92 Å². The van der Waals surface area contributed by atoms with Gasteiger partial charge < -0.3 is 20.7 Å². The van der Waals surface area contributed by atoms with E-state index in [1.165, 1.54) is 18.2 Å². The van der Waals surface area contributed by atoms with Crippen LogP contribution in [-0.2, 0) is 14.3 Å². The van der Waals surface area contributed by atoms with E-state index in [-0.39, 0.29) is 54.7 Å². The third kappa shape index (κ3) is 8.00. The lowest BCUT2D eigenvalue weighted by Gasteiger charge is -2.27. The molecule has 3 rings (SSSR count). The van der Waals surface area contributed by atoms with E-state index in [4.69, 9.17) is 4.74 Å². The first-order valence-electron chi connectivity index (χ1n) is 9.95. The summed E-state index contributed by atoms with van der Waals surface area (Å²) >= 11 is 0. The van der Waals surface area contributed by atoms with E-state index in [1.54, 1.807) is 0 Å². The van der Waals surface area contributed by atoms with Gasteiger partial charge in [-0.15, -0.1) is 24.8 Å². The van der Waals surface area contributed by atoms with Crippen LogP contribution in [0.1, 0.15) is 26.2 Å². The van der Waals surface area contributed by atoms with Gasteiger partial charge in [0.25, 0.3) is 0 Å². The molecular weight excluding hydrogens is 434 g/mol. The number of ether oxygens (including phenoxy) is 1. The summed E-state index contributed by atoms with van der Waals surface area (Å²) in [4.78, 5) is 26.8. The fourth-order valence-electron chi connectivity index (χ4n) is 3.61. The van der Waals surface area contributed by atoms with Gasteiger partial charge in [0.1, 0.15) is 5.82 Å². The molecule has 2 saturated heterocycles. The van der Waals surface area contributed by atoms with Crippen molar-refractivity contribution in [3.05, 3.63) is 24.0 Å². The molecule has 30 heavy (non-hydrogen) atoms. The molecule has 170 valence electrons. The number of benzene rings is 1. The molecule has 2 fully saturated rings. The Hall–Kier alpha value is -1.45. The second kappa shape index (κ2) is 13.1. The summed E-state index contributed by atoms with van der Waals surface area (Å²) in [5.74, 6) is -0.897. The Labute approximate surface area is 189 Å². The first-order chi connectivity index (χ1) is 13.5. The third-order valence-electron chi connectivity index (χ3n) is 5.26. The van der Waals surface area contributed by atoms with Crippen LogP contribution in [-0.4, -0.2) is 62.1 Å². The van der Waals surface area contributed by atoms with E-state index in [2.05, 4.69) is 27.8 Å². The van der Waals surface area contributed by atoms with Crippen LogP contribution in [0, 0.1) is 11.7 Å². The molecule has 0 unspecified atom stereocenters. The number of hydrogen-bond donors (Lipinski definition) is 3. The van der Waals surface area contributed by atoms with Gasteiger partial charge in [0, 0.05) is 43.7 Å². The van der Waals surface area contributed by atoms with Crippen molar-refractivity contribution in [2.45, 2.75) is 32.2 Å². The molecule has 0 saturated carbocycles. The second-order valence-electron chi connectivity index (χ2n) is 7.51. The number of nitrogens with zero attached hydrogens (tertiary/aromatic N) is 1. The van der Waals surface area contributed by atoms with Gasteiger partial charge in [-0.1, -0.05) is 0 Å². The van der Waals surface area contributed by atoms with Crippen molar-refractivity contribution in [3.63, 3.8) is 0 Å². The van der Waals surface area contributed by atoms with Crippen molar-refractivity contribution in [1.82, 2.24) is 10.2 Å². The minimum Gasteiger partial charge on any atom is -0.379 e. The molecule has 2 amide bonds. The van der Waals surface area contributed by atoms with E-state index in [0.29, 0.717) is 31.5 Å². The lowest BCUT2D eigenvalue weighted by atomic mass is 9.92. The average Bonchev–Trinajstić information content (AvgIpc) is 2.70. The number of piperidine rings is 1. The van der Waals surface area contributed by atoms with Crippen LogP contribution in [0.15, 0.2) is 18.2 Å². The van der Waals surface area contributed by atoms with Gasteiger partial charge in [-0.2, -0.15) is 0 Å². The zero-order valence-corrected chi connectivity index (χ0v) is 18.8. The van der Waals surface area contributed by atoms with Crippen LogP contribution in [0.3, 0.4) is 0 Å². The fourth-order valence-corrected chi connectivity index (χ4v) is 3.61. The molecule has 0 radical (unpaired) electrons. The second-order valence-corrected chi connectivity index (χ2v) is 7.51. The Morgan fingerprint density at radius 3 is 2.67 bits per heavy atom. The first-order valence-corrected chi connectivity index (χ1v) is 9.95. The molecule has 2 atom stereocenters.